The third-order valence-corrected chi connectivity index (χ3v) is 7.78. The van der Waals surface area contributed by atoms with Crippen molar-refractivity contribution < 1.29 is 17.9 Å². The Hall–Kier alpha value is -2.68. The molecule has 6 nitrogen and oxygen atoms in total. The predicted molar refractivity (Wildman–Crippen MR) is 124 cm³/mol. The lowest BCUT2D eigenvalue weighted by Gasteiger charge is -2.25. The van der Waals surface area contributed by atoms with Gasteiger partial charge in [0.25, 0.3) is 0 Å². The fourth-order valence-electron chi connectivity index (χ4n) is 3.06. The maximum Gasteiger partial charge on any atom is 0.243 e. The summed E-state index contributed by atoms with van der Waals surface area (Å²) in [5.41, 5.74) is 2.58. The summed E-state index contributed by atoms with van der Waals surface area (Å²) in [6, 6.07) is 16.0. The average Bonchev–Trinajstić information content (AvgIpc) is 3.27. The number of hydrogen-bond acceptors (Lipinski definition) is 5. The monoisotopic (exact) mass is 458 g/mol. The molecule has 0 N–H and O–H groups in total. The zero-order valence-corrected chi connectivity index (χ0v) is 19.7. The maximum absolute atomic E-state index is 13.2. The number of benzene rings is 2. The van der Waals surface area contributed by atoms with E-state index in [0.717, 1.165) is 20.3 Å². The molecule has 0 saturated heterocycles. The van der Waals surface area contributed by atoms with Gasteiger partial charge in [0.15, 0.2) is 0 Å². The number of ether oxygens (including phenoxy) is 1. The lowest BCUT2D eigenvalue weighted by molar-refractivity contribution is -0.118. The van der Waals surface area contributed by atoms with E-state index in [1.807, 2.05) is 31.4 Å². The number of amides is 1. The van der Waals surface area contributed by atoms with Crippen molar-refractivity contribution in [2.75, 3.05) is 25.6 Å². The van der Waals surface area contributed by atoms with Crippen molar-refractivity contribution in [2.45, 2.75) is 25.3 Å². The summed E-state index contributed by atoms with van der Waals surface area (Å²) in [4.78, 5) is 16.0. The second-order valence-electron chi connectivity index (χ2n) is 7.26. The summed E-state index contributed by atoms with van der Waals surface area (Å²) in [6.07, 6.45) is 0. The number of nitrogens with zero attached hydrogens (tertiary/aromatic N) is 2. The van der Waals surface area contributed by atoms with Crippen molar-refractivity contribution in [1.82, 2.24) is 4.31 Å². The second kappa shape index (κ2) is 9.64. The van der Waals surface area contributed by atoms with Crippen LogP contribution < -0.4 is 9.64 Å². The first-order valence-corrected chi connectivity index (χ1v) is 12.0. The fraction of sp³-hybridized carbons (Fsp3) is 0.261. The molecule has 2 aromatic carbocycles. The Morgan fingerprint density at radius 2 is 1.74 bits per heavy atom. The molecule has 1 amide bonds. The molecule has 3 aromatic rings. The van der Waals surface area contributed by atoms with E-state index in [4.69, 9.17) is 4.74 Å². The number of carbonyl (C=O) groups is 1. The normalized spacial score (nSPS) is 11.5. The van der Waals surface area contributed by atoms with E-state index in [1.165, 1.54) is 7.05 Å². The molecule has 0 saturated carbocycles. The zero-order chi connectivity index (χ0) is 22.6. The Labute approximate surface area is 187 Å². The molecule has 0 unspecified atom stereocenters. The van der Waals surface area contributed by atoms with E-state index in [0.29, 0.717) is 18.0 Å². The number of sulfonamides is 1. The minimum Gasteiger partial charge on any atom is -0.497 e. The van der Waals surface area contributed by atoms with Gasteiger partial charge in [0.05, 0.1) is 25.1 Å². The number of hydrogen-bond donors (Lipinski definition) is 0. The first kappa shape index (κ1) is 23.0. The van der Waals surface area contributed by atoms with Crippen molar-refractivity contribution in [3.05, 3.63) is 76.0 Å². The van der Waals surface area contributed by atoms with Crippen LogP contribution in [0.25, 0.3) is 0 Å². The number of thiophene rings is 1. The van der Waals surface area contributed by atoms with Gasteiger partial charge in [-0.3, -0.25) is 4.79 Å². The first-order valence-electron chi connectivity index (χ1n) is 9.73. The van der Waals surface area contributed by atoms with Crippen LogP contribution in [0, 0.1) is 13.8 Å². The highest BCUT2D eigenvalue weighted by molar-refractivity contribution is 7.89. The Bertz CT molecular complexity index is 1140. The van der Waals surface area contributed by atoms with Gasteiger partial charge in [0.1, 0.15) is 5.75 Å². The third kappa shape index (κ3) is 5.33. The number of anilines is 1. The molecule has 0 fully saturated rings. The van der Waals surface area contributed by atoms with Gasteiger partial charge in [0.2, 0.25) is 15.9 Å². The topological polar surface area (TPSA) is 66.9 Å². The minimum atomic E-state index is -3.79. The molecule has 1 aromatic heterocycles. The van der Waals surface area contributed by atoms with Gasteiger partial charge in [-0.1, -0.05) is 12.1 Å². The van der Waals surface area contributed by atoms with Crippen molar-refractivity contribution in [3.63, 3.8) is 0 Å². The van der Waals surface area contributed by atoms with Crippen molar-refractivity contribution in [1.29, 1.82) is 0 Å². The van der Waals surface area contributed by atoms with Crippen LogP contribution >= 0.6 is 11.3 Å². The summed E-state index contributed by atoms with van der Waals surface area (Å²) in [5.74, 6) is 0.371. The summed E-state index contributed by atoms with van der Waals surface area (Å²) < 4.78 is 32.4. The SMILES string of the molecule is COc1ccc(N(Cc2cccs2)C(=O)CN(C)S(=O)(=O)c2ccc(C)c(C)c2)cc1. The highest BCUT2D eigenvalue weighted by atomic mass is 32.2. The molecule has 3 rings (SSSR count). The van der Waals surface area contributed by atoms with Gasteiger partial charge < -0.3 is 9.64 Å². The largest absolute Gasteiger partial charge is 0.497 e. The average molecular weight is 459 g/mol. The number of rotatable bonds is 8. The second-order valence-corrected chi connectivity index (χ2v) is 10.3. The number of methoxy groups -OCH3 is 1. The molecule has 0 aliphatic heterocycles. The van der Waals surface area contributed by atoms with Crippen molar-refractivity contribution in [2.24, 2.45) is 0 Å². The van der Waals surface area contributed by atoms with E-state index >= 15 is 0 Å². The summed E-state index contributed by atoms with van der Waals surface area (Å²) in [5, 5.41) is 1.95. The summed E-state index contributed by atoms with van der Waals surface area (Å²) in [7, 11) is -0.783. The van der Waals surface area contributed by atoms with Gasteiger partial charge >= 0.3 is 0 Å². The van der Waals surface area contributed by atoms with E-state index in [1.54, 1.807) is 65.8 Å². The Balaban J connectivity index is 1.85. The smallest absolute Gasteiger partial charge is 0.243 e. The molecule has 1 heterocycles. The maximum atomic E-state index is 13.2. The van der Waals surface area contributed by atoms with Gasteiger partial charge in [-0.05, 0) is 72.8 Å². The Morgan fingerprint density at radius 3 is 2.32 bits per heavy atom. The van der Waals surface area contributed by atoms with Crippen LogP contribution in [0.4, 0.5) is 5.69 Å². The number of likely N-dealkylation sites (N-methyl/N-ethyl adjacent to an activating group) is 1. The molecule has 0 bridgehead atoms. The molecule has 164 valence electrons. The van der Waals surface area contributed by atoms with Crippen LogP contribution in [0.5, 0.6) is 5.75 Å². The van der Waals surface area contributed by atoms with Crippen molar-refractivity contribution in [3.8, 4) is 5.75 Å². The molecule has 31 heavy (non-hydrogen) atoms. The van der Waals surface area contributed by atoms with E-state index in [2.05, 4.69) is 0 Å². The quantitative estimate of drug-likeness (QED) is 0.507. The van der Waals surface area contributed by atoms with Crippen LogP contribution in [0.3, 0.4) is 0 Å². The molecular weight excluding hydrogens is 432 g/mol. The van der Waals surface area contributed by atoms with E-state index < -0.39 is 10.0 Å². The number of aryl methyl sites for hydroxylation is 2. The Morgan fingerprint density at radius 1 is 1.03 bits per heavy atom. The predicted octanol–water partition coefficient (Wildman–Crippen LogP) is 4.23. The van der Waals surface area contributed by atoms with Crippen LogP contribution in [-0.4, -0.2) is 39.3 Å². The molecule has 0 aliphatic carbocycles. The highest BCUT2D eigenvalue weighted by Gasteiger charge is 2.26. The molecule has 0 aliphatic rings. The lowest BCUT2D eigenvalue weighted by atomic mass is 10.1. The van der Waals surface area contributed by atoms with Gasteiger partial charge in [0, 0.05) is 17.6 Å². The van der Waals surface area contributed by atoms with Gasteiger partial charge in [-0.15, -0.1) is 11.3 Å². The Kier molecular flexibility index (Phi) is 7.15. The fourth-order valence-corrected chi connectivity index (χ4v) is 4.96. The van der Waals surface area contributed by atoms with Gasteiger partial charge in [-0.25, -0.2) is 8.42 Å². The van der Waals surface area contributed by atoms with Crippen LogP contribution in [0.15, 0.2) is 64.9 Å². The molecular formula is C23H26N2O4S2. The third-order valence-electron chi connectivity index (χ3n) is 5.12. The first-order chi connectivity index (χ1) is 14.7. The molecule has 0 radical (unpaired) electrons. The summed E-state index contributed by atoms with van der Waals surface area (Å²) >= 11 is 1.54. The molecule has 0 spiro atoms. The molecule has 0 atom stereocenters. The van der Waals surface area contributed by atoms with Crippen LogP contribution in [0.1, 0.15) is 16.0 Å². The van der Waals surface area contributed by atoms with Crippen molar-refractivity contribution >= 4 is 33.0 Å². The lowest BCUT2D eigenvalue weighted by Crippen LogP contribution is -2.41. The zero-order valence-electron chi connectivity index (χ0n) is 18.0. The van der Waals surface area contributed by atoms with Crippen LogP contribution in [0.2, 0.25) is 0 Å². The molecule has 8 heteroatoms. The number of carbonyl (C=O) groups excluding carboxylic acids is 1. The van der Waals surface area contributed by atoms with E-state index in [9.17, 15) is 13.2 Å². The minimum absolute atomic E-state index is 0.181. The van der Waals surface area contributed by atoms with E-state index in [-0.39, 0.29) is 17.3 Å². The highest BCUT2D eigenvalue weighted by Crippen LogP contribution is 2.24. The van der Waals surface area contributed by atoms with Gasteiger partial charge in [-0.2, -0.15) is 4.31 Å². The van der Waals surface area contributed by atoms with Crippen LogP contribution in [-0.2, 0) is 21.4 Å². The summed E-state index contributed by atoms with van der Waals surface area (Å²) in [6.45, 7) is 3.88. The standard InChI is InChI=1S/C23H26N2O4S2/c1-17-7-12-22(14-18(17)2)31(27,28)24(3)16-23(26)25(15-21-6-5-13-30-21)19-8-10-20(29-4)11-9-19/h5-14H,15-16H2,1-4H3.